The van der Waals surface area contributed by atoms with Crippen LogP contribution in [0.5, 0.6) is 17.2 Å². The van der Waals surface area contributed by atoms with Crippen LogP contribution in [0.2, 0.25) is 0 Å². The Morgan fingerprint density at radius 2 is 1.67 bits per heavy atom. The second-order valence-corrected chi connectivity index (χ2v) is 3.63. The fourth-order valence-corrected chi connectivity index (χ4v) is 1.56. The summed E-state index contributed by atoms with van der Waals surface area (Å²) in [5, 5.41) is 28.2. The molecule has 4 N–H and O–H groups in total. The molecule has 1 aromatic carbocycles. The van der Waals surface area contributed by atoms with Gasteiger partial charge in [0.25, 0.3) is 0 Å². The molecule has 0 spiro atoms. The largest absolute Gasteiger partial charge is 0.508 e. The monoisotopic (exact) mass is 247 g/mol. The van der Waals surface area contributed by atoms with Gasteiger partial charge in [-0.25, -0.2) is 0 Å². The second-order valence-electron chi connectivity index (χ2n) is 3.63. The summed E-state index contributed by atoms with van der Waals surface area (Å²) >= 11 is 0. The van der Waals surface area contributed by atoms with Crippen LogP contribution in [-0.4, -0.2) is 26.1 Å². The van der Waals surface area contributed by atoms with Gasteiger partial charge in [0.15, 0.2) is 0 Å². The molecule has 6 heteroatoms. The highest BCUT2D eigenvalue weighted by Gasteiger charge is 2.19. The molecule has 1 aromatic heterocycles. The normalized spacial score (nSPS) is 10.2. The third-order valence-electron chi connectivity index (χ3n) is 2.35. The Labute approximate surface area is 101 Å². The third-order valence-corrected chi connectivity index (χ3v) is 2.35. The van der Waals surface area contributed by atoms with Gasteiger partial charge in [0.1, 0.15) is 22.8 Å². The van der Waals surface area contributed by atoms with Gasteiger partial charge < -0.3 is 20.3 Å². The van der Waals surface area contributed by atoms with Crippen molar-refractivity contribution in [3.8, 4) is 17.2 Å². The molecule has 0 amide bonds. The maximum Gasteiger partial charge on any atom is 0.248 e. The molecule has 0 aliphatic heterocycles. The maximum atomic E-state index is 12.0. The van der Waals surface area contributed by atoms with E-state index in [0.29, 0.717) is 0 Å². The van der Waals surface area contributed by atoms with Crippen LogP contribution in [0.25, 0.3) is 0 Å². The summed E-state index contributed by atoms with van der Waals surface area (Å²) in [5.41, 5.74) is -0.813. The number of aromatic hydroxyl groups is 3. The number of aromatic nitrogens is 1. The van der Waals surface area contributed by atoms with Gasteiger partial charge in [-0.1, -0.05) is 0 Å². The van der Waals surface area contributed by atoms with Crippen LogP contribution < -0.4 is 5.56 Å². The molecule has 0 atom stereocenters. The number of benzene rings is 1. The molecule has 6 nitrogen and oxygen atoms in total. The number of H-pyrrole nitrogens is 1. The van der Waals surface area contributed by atoms with Crippen LogP contribution >= 0.6 is 0 Å². The van der Waals surface area contributed by atoms with E-state index in [-0.39, 0.29) is 16.9 Å². The lowest BCUT2D eigenvalue weighted by Crippen LogP contribution is -2.09. The number of carbonyl (C=O) groups excluding carboxylic acids is 1. The van der Waals surface area contributed by atoms with Gasteiger partial charge in [-0.2, -0.15) is 0 Å². The highest BCUT2D eigenvalue weighted by atomic mass is 16.3. The quantitative estimate of drug-likeness (QED) is 0.584. The Hall–Kier alpha value is -2.76. The van der Waals surface area contributed by atoms with Crippen LogP contribution in [0, 0.1) is 0 Å². The van der Waals surface area contributed by atoms with Crippen LogP contribution in [0.4, 0.5) is 0 Å². The molecule has 18 heavy (non-hydrogen) atoms. The number of hydrogen-bond acceptors (Lipinski definition) is 5. The SMILES string of the molecule is O=C(c1cc[nH]c(=O)c1)c1c(O)cc(O)cc1O. The van der Waals surface area contributed by atoms with E-state index in [4.69, 9.17) is 5.11 Å². The highest BCUT2D eigenvalue weighted by molar-refractivity contribution is 6.12. The van der Waals surface area contributed by atoms with E-state index in [1.165, 1.54) is 12.3 Å². The molecule has 2 aromatic rings. The van der Waals surface area contributed by atoms with Crippen LogP contribution in [0.15, 0.2) is 35.3 Å². The van der Waals surface area contributed by atoms with Crippen molar-refractivity contribution in [2.24, 2.45) is 0 Å². The molecular weight excluding hydrogens is 238 g/mol. The fourth-order valence-electron chi connectivity index (χ4n) is 1.56. The minimum absolute atomic E-state index is 0.0232. The number of rotatable bonds is 2. The maximum absolute atomic E-state index is 12.0. The van der Waals surface area contributed by atoms with Crippen molar-refractivity contribution in [3.05, 3.63) is 51.9 Å². The van der Waals surface area contributed by atoms with Crippen molar-refractivity contribution in [3.63, 3.8) is 0 Å². The number of nitrogens with one attached hydrogen (secondary N) is 1. The number of carbonyl (C=O) groups is 1. The zero-order valence-corrected chi connectivity index (χ0v) is 9.04. The number of ketones is 1. The first-order chi connectivity index (χ1) is 8.49. The van der Waals surface area contributed by atoms with Crippen molar-refractivity contribution in [1.82, 2.24) is 4.98 Å². The van der Waals surface area contributed by atoms with Gasteiger partial charge in [-0.15, -0.1) is 0 Å². The number of aromatic amines is 1. The number of hydrogen-bond donors (Lipinski definition) is 4. The van der Waals surface area contributed by atoms with Crippen molar-refractivity contribution in [2.75, 3.05) is 0 Å². The molecule has 0 unspecified atom stereocenters. The molecule has 1 heterocycles. The van der Waals surface area contributed by atoms with E-state index in [9.17, 15) is 19.8 Å². The van der Waals surface area contributed by atoms with E-state index in [2.05, 4.69) is 4.98 Å². The van der Waals surface area contributed by atoms with Gasteiger partial charge in [-0.05, 0) is 6.07 Å². The number of phenols is 3. The lowest BCUT2D eigenvalue weighted by Gasteiger charge is -2.06. The Bertz CT molecular complexity index is 651. The summed E-state index contributed by atoms with van der Waals surface area (Å²) in [6.07, 6.45) is 1.28. The van der Waals surface area contributed by atoms with Gasteiger partial charge in [0, 0.05) is 30.0 Å². The predicted molar refractivity (Wildman–Crippen MR) is 61.9 cm³/mol. The summed E-state index contributed by atoms with van der Waals surface area (Å²) < 4.78 is 0. The van der Waals surface area contributed by atoms with E-state index >= 15 is 0 Å². The van der Waals surface area contributed by atoms with Gasteiger partial charge >= 0.3 is 0 Å². The lowest BCUT2D eigenvalue weighted by molar-refractivity contribution is 0.103. The van der Waals surface area contributed by atoms with E-state index in [0.717, 1.165) is 18.2 Å². The first kappa shape index (κ1) is 11.7. The molecular formula is C12H9NO5. The number of phenolic OH excluding ortho intramolecular Hbond substituents is 3. The van der Waals surface area contributed by atoms with Crippen LogP contribution in [0.1, 0.15) is 15.9 Å². The lowest BCUT2D eigenvalue weighted by atomic mass is 10.0. The molecule has 0 radical (unpaired) electrons. The molecule has 92 valence electrons. The minimum Gasteiger partial charge on any atom is -0.508 e. The standard InChI is InChI=1S/C12H9NO5/c14-7-4-8(15)11(9(16)5-7)12(18)6-1-2-13-10(17)3-6/h1-5,14-16H,(H,13,17). The predicted octanol–water partition coefficient (Wildman–Crippen LogP) is 0.723. The van der Waals surface area contributed by atoms with Gasteiger partial charge in [-0.3, -0.25) is 9.59 Å². The third kappa shape index (κ3) is 2.03. The average molecular weight is 247 g/mol. The highest BCUT2D eigenvalue weighted by Crippen LogP contribution is 2.33. The Morgan fingerprint density at radius 3 is 2.22 bits per heavy atom. The summed E-state index contributed by atoms with van der Waals surface area (Å²) in [6.45, 7) is 0. The Morgan fingerprint density at radius 1 is 1.06 bits per heavy atom. The first-order valence-electron chi connectivity index (χ1n) is 4.97. The van der Waals surface area contributed by atoms with Crippen LogP contribution in [0.3, 0.4) is 0 Å². The van der Waals surface area contributed by atoms with Crippen molar-refractivity contribution in [1.29, 1.82) is 0 Å². The molecule has 0 bridgehead atoms. The molecule has 2 rings (SSSR count). The molecule has 0 aliphatic rings. The topological polar surface area (TPSA) is 111 Å². The van der Waals surface area contributed by atoms with Gasteiger partial charge in [0.2, 0.25) is 11.3 Å². The summed E-state index contributed by atoms with van der Waals surface area (Å²) in [5.74, 6) is -2.20. The van der Waals surface area contributed by atoms with Crippen molar-refractivity contribution < 1.29 is 20.1 Å². The molecule has 0 saturated carbocycles. The zero-order valence-electron chi connectivity index (χ0n) is 9.04. The molecule has 0 aliphatic carbocycles. The van der Waals surface area contributed by atoms with Crippen LogP contribution in [-0.2, 0) is 0 Å². The van der Waals surface area contributed by atoms with Crippen molar-refractivity contribution >= 4 is 5.78 Å². The average Bonchev–Trinajstić information content (AvgIpc) is 2.27. The van der Waals surface area contributed by atoms with E-state index < -0.39 is 22.8 Å². The second kappa shape index (κ2) is 4.25. The Balaban J connectivity index is 2.56. The zero-order chi connectivity index (χ0) is 13.3. The number of pyridine rings is 1. The minimum atomic E-state index is -0.712. The fraction of sp³-hybridized carbons (Fsp3) is 0. The van der Waals surface area contributed by atoms with E-state index in [1.54, 1.807) is 0 Å². The summed E-state index contributed by atoms with van der Waals surface area (Å²) in [7, 11) is 0. The van der Waals surface area contributed by atoms with E-state index in [1.807, 2.05) is 0 Å². The van der Waals surface area contributed by atoms with Gasteiger partial charge in [0.05, 0.1) is 0 Å². The molecule has 0 fully saturated rings. The Kier molecular flexibility index (Phi) is 2.77. The molecule has 0 saturated heterocycles. The smallest absolute Gasteiger partial charge is 0.248 e. The summed E-state index contributed by atoms with van der Waals surface area (Å²) in [6, 6.07) is 4.25. The first-order valence-corrected chi connectivity index (χ1v) is 4.97. The summed E-state index contributed by atoms with van der Waals surface area (Å²) in [4.78, 5) is 25.4. The van der Waals surface area contributed by atoms with Crippen molar-refractivity contribution in [2.45, 2.75) is 0 Å².